The Morgan fingerprint density at radius 3 is 2.40 bits per heavy atom. The van der Waals surface area contributed by atoms with Gasteiger partial charge in [0.15, 0.2) is 0 Å². The van der Waals surface area contributed by atoms with E-state index in [1.54, 1.807) is 0 Å². The lowest BCUT2D eigenvalue weighted by atomic mass is 9.97. The van der Waals surface area contributed by atoms with Crippen molar-refractivity contribution in [2.75, 3.05) is 13.1 Å². The standard InChI is InChI=1S/C16H30N2O2/c1-12-7-9-18(10-8-12)14-6-5-13(11-14)17-15(19)20-16(2,3)4/h12-14H,5-11H2,1-4H3,(H,17,19)/t13-,14+/m1/s1. The molecule has 0 bridgehead atoms. The van der Waals surface area contributed by atoms with Gasteiger partial charge in [0.05, 0.1) is 0 Å². The number of carbonyl (C=O) groups excluding carboxylic acids is 1. The van der Waals surface area contributed by atoms with Crippen LogP contribution in [-0.2, 0) is 4.74 Å². The predicted octanol–water partition coefficient (Wildman–Crippen LogP) is 3.16. The number of alkyl carbamates (subject to hydrolysis) is 1. The molecule has 1 amide bonds. The second kappa shape index (κ2) is 6.33. The fraction of sp³-hybridized carbons (Fsp3) is 0.938. The van der Waals surface area contributed by atoms with E-state index in [9.17, 15) is 4.79 Å². The number of carbonyl (C=O) groups is 1. The fourth-order valence-corrected chi connectivity index (χ4v) is 3.29. The summed E-state index contributed by atoms with van der Waals surface area (Å²) in [6.07, 6.45) is 5.73. The van der Waals surface area contributed by atoms with Gasteiger partial charge in [0.25, 0.3) is 0 Å². The van der Waals surface area contributed by atoms with Gasteiger partial charge in [-0.15, -0.1) is 0 Å². The first kappa shape index (κ1) is 15.6. The maximum Gasteiger partial charge on any atom is 0.407 e. The van der Waals surface area contributed by atoms with Crippen molar-refractivity contribution in [3.05, 3.63) is 0 Å². The molecule has 116 valence electrons. The van der Waals surface area contributed by atoms with Gasteiger partial charge in [-0.05, 0) is 71.9 Å². The van der Waals surface area contributed by atoms with Crippen molar-refractivity contribution in [1.82, 2.24) is 10.2 Å². The Morgan fingerprint density at radius 2 is 1.80 bits per heavy atom. The molecule has 4 nitrogen and oxygen atoms in total. The number of likely N-dealkylation sites (tertiary alicyclic amines) is 1. The van der Waals surface area contributed by atoms with Crippen molar-refractivity contribution in [3.63, 3.8) is 0 Å². The highest BCUT2D eigenvalue weighted by molar-refractivity contribution is 5.68. The van der Waals surface area contributed by atoms with E-state index in [2.05, 4.69) is 17.1 Å². The van der Waals surface area contributed by atoms with Gasteiger partial charge in [-0.2, -0.15) is 0 Å². The molecule has 1 aliphatic heterocycles. The lowest BCUT2D eigenvalue weighted by Gasteiger charge is -2.35. The lowest BCUT2D eigenvalue weighted by Crippen LogP contribution is -2.42. The van der Waals surface area contributed by atoms with Crippen LogP contribution >= 0.6 is 0 Å². The average molecular weight is 282 g/mol. The van der Waals surface area contributed by atoms with Crippen molar-refractivity contribution < 1.29 is 9.53 Å². The first-order valence-electron chi connectivity index (χ1n) is 8.07. The van der Waals surface area contributed by atoms with E-state index in [0.29, 0.717) is 6.04 Å². The smallest absolute Gasteiger partial charge is 0.407 e. The first-order valence-corrected chi connectivity index (χ1v) is 8.07. The maximum atomic E-state index is 11.8. The molecule has 1 N–H and O–H groups in total. The van der Waals surface area contributed by atoms with Gasteiger partial charge < -0.3 is 15.0 Å². The third-order valence-corrected chi connectivity index (χ3v) is 4.46. The number of piperidine rings is 1. The van der Waals surface area contributed by atoms with Crippen LogP contribution in [0, 0.1) is 5.92 Å². The molecule has 0 spiro atoms. The molecule has 1 saturated heterocycles. The number of nitrogens with one attached hydrogen (secondary N) is 1. The molecule has 4 heteroatoms. The Morgan fingerprint density at radius 1 is 1.15 bits per heavy atom. The normalized spacial score (nSPS) is 29.4. The van der Waals surface area contributed by atoms with Crippen LogP contribution in [0.1, 0.15) is 59.8 Å². The van der Waals surface area contributed by atoms with Gasteiger partial charge in [-0.3, -0.25) is 0 Å². The van der Waals surface area contributed by atoms with Crippen LogP contribution in [0.25, 0.3) is 0 Å². The number of ether oxygens (including phenoxy) is 1. The van der Waals surface area contributed by atoms with E-state index in [-0.39, 0.29) is 12.1 Å². The molecule has 2 atom stereocenters. The molecule has 0 aromatic rings. The molecule has 2 rings (SSSR count). The van der Waals surface area contributed by atoms with Crippen LogP contribution in [0.4, 0.5) is 4.79 Å². The third kappa shape index (κ3) is 4.65. The van der Waals surface area contributed by atoms with Gasteiger partial charge in [0.1, 0.15) is 5.60 Å². The van der Waals surface area contributed by atoms with E-state index >= 15 is 0 Å². The van der Waals surface area contributed by atoms with Crippen molar-refractivity contribution in [3.8, 4) is 0 Å². The topological polar surface area (TPSA) is 41.6 Å². The highest BCUT2D eigenvalue weighted by Crippen LogP contribution is 2.28. The summed E-state index contributed by atoms with van der Waals surface area (Å²) in [6, 6.07) is 0.941. The summed E-state index contributed by atoms with van der Waals surface area (Å²) in [5.41, 5.74) is -0.412. The molecule has 1 saturated carbocycles. The molecular formula is C16H30N2O2. The van der Waals surface area contributed by atoms with Gasteiger partial charge in [0.2, 0.25) is 0 Å². The lowest BCUT2D eigenvalue weighted by molar-refractivity contribution is 0.0502. The largest absolute Gasteiger partial charge is 0.444 e. The number of hydrogen-bond acceptors (Lipinski definition) is 3. The minimum atomic E-state index is -0.412. The maximum absolute atomic E-state index is 11.8. The van der Waals surface area contributed by atoms with Gasteiger partial charge in [-0.25, -0.2) is 4.79 Å². The van der Waals surface area contributed by atoms with E-state index in [1.165, 1.54) is 32.4 Å². The second-order valence-corrected chi connectivity index (χ2v) is 7.53. The fourth-order valence-electron chi connectivity index (χ4n) is 3.29. The van der Waals surface area contributed by atoms with Crippen molar-refractivity contribution >= 4 is 6.09 Å². The molecular weight excluding hydrogens is 252 g/mol. The molecule has 0 aromatic heterocycles. The quantitative estimate of drug-likeness (QED) is 0.846. The third-order valence-electron chi connectivity index (χ3n) is 4.46. The zero-order chi connectivity index (χ0) is 14.8. The number of rotatable bonds is 2. The average Bonchev–Trinajstić information content (AvgIpc) is 2.75. The van der Waals surface area contributed by atoms with Crippen LogP contribution in [0.3, 0.4) is 0 Å². The molecule has 20 heavy (non-hydrogen) atoms. The van der Waals surface area contributed by atoms with E-state index in [0.717, 1.165) is 18.8 Å². The van der Waals surface area contributed by atoms with Gasteiger partial charge in [0, 0.05) is 12.1 Å². The molecule has 0 radical (unpaired) electrons. The second-order valence-electron chi connectivity index (χ2n) is 7.53. The van der Waals surface area contributed by atoms with Gasteiger partial charge >= 0.3 is 6.09 Å². The van der Waals surface area contributed by atoms with Crippen LogP contribution in [-0.4, -0.2) is 41.8 Å². The summed E-state index contributed by atoms with van der Waals surface area (Å²) in [5, 5.41) is 3.03. The van der Waals surface area contributed by atoms with Crippen LogP contribution < -0.4 is 5.32 Å². The van der Waals surface area contributed by atoms with Crippen molar-refractivity contribution in [2.24, 2.45) is 5.92 Å². The summed E-state index contributed by atoms with van der Waals surface area (Å²) in [7, 11) is 0. The Balaban J connectivity index is 1.74. The molecule has 0 unspecified atom stereocenters. The van der Waals surface area contributed by atoms with Crippen LogP contribution in [0.2, 0.25) is 0 Å². The zero-order valence-electron chi connectivity index (χ0n) is 13.4. The van der Waals surface area contributed by atoms with Crippen LogP contribution in [0.5, 0.6) is 0 Å². The summed E-state index contributed by atoms with van der Waals surface area (Å²) in [5.74, 6) is 0.878. The van der Waals surface area contributed by atoms with E-state index in [4.69, 9.17) is 4.74 Å². The van der Waals surface area contributed by atoms with Crippen molar-refractivity contribution in [2.45, 2.75) is 77.5 Å². The highest BCUT2D eigenvalue weighted by Gasteiger charge is 2.32. The molecule has 1 heterocycles. The van der Waals surface area contributed by atoms with Crippen molar-refractivity contribution in [1.29, 1.82) is 0 Å². The minimum Gasteiger partial charge on any atom is -0.444 e. The number of hydrogen-bond donors (Lipinski definition) is 1. The minimum absolute atomic E-state index is 0.268. The Labute approximate surface area is 123 Å². The highest BCUT2D eigenvalue weighted by atomic mass is 16.6. The molecule has 2 aliphatic rings. The van der Waals surface area contributed by atoms with Gasteiger partial charge in [-0.1, -0.05) is 6.92 Å². The van der Waals surface area contributed by atoms with E-state index in [1.807, 2.05) is 20.8 Å². The van der Waals surface area contributed by atoms with Crippen LogP contribution in [0.15, 0.2) is 0 Å². The first-order chi connectivity index (χ1) is 9.33. The summed E-state index contributed by atoms with van der Waals surface area (Å²) in [6.45, 7) is 10.5. The van der Waals surface area contributed by atoms with E-state index < -0.39 is 5.60 Å². The summed E-state index contributed by atoms with van der Waals surface area (Å²) < 4.78 is 5.33. The molecule has 1 aliphatic carbocycles. The number of amides is 1. The Hall–Kier alpha value is -0.770. The Kier molecular flexibility index (Phi) is 4.95. The SMILES string of the molecule is CC1CCN([C@H]2CC[C@@H](NC(=O)OC(C)(C)C)C2)CC1. The Bertz CT molecular complexity index is 330. The summed E-state index contributed by atoms with van der Waals surface area (Å²) >= 11 is 0. The monoisotopic (exact) mass is 282 g/mol. The molecule has 0 aromatic carbocycles. The predicted molar refractivity (Wildman–Crippen MR) is 80.8 cm³/mol. The summed E-state index contributed by atoms with van der Waals surface area (Å²) in [4.78, 5) is 14.4. The zero-order valence-corrected chi connectivity index (χ0v) is 13.4. The number of nitrogens with zero attached hydrogens (tertiary/aromatic N) is 1. The molecule has 2 fully saturated rings.